The molecule has 0 aliphatic rings. The first-order valence-corrected chi connectivity index (χ1v) is 6.20. The van der Waals surface area contributed by atoms with Gasteiger partial charge in [0.05, 0.1) is 6.20 Å². The molecule has 2 N–H and O–H groups in total. The normalized spacial score (nSPS) is 10.9. The van der Waals surface area contributed by atoms with Crippen LogP contribution >= 0.6 is 0 Å². The highest BCUT2D eigenvalue weighted by atomic mass is 16.1. The number of carbonyl (C=O) groups excluding carboxylic acids is 1. The first-order chi connectivity index (χ1) is 9.54. The second-order valence-corrected chi connectivity index (χ2v) is 4.72. The largest absolute Gasteiger partial charge is 0.305 e. The van der Waals surface area contributed by atoms with Crippen molar-refractivity contribution in [1.82, 2.24) is 24.8 Å². The smallest absolute Gasteiger partial charge is 0.262 e. The lowest BCUT2D eigenvalue weighted by Gasteiger charge is -2.02. The molecule has 0 fully saturated rings. The minimum atomic E-state index is -0.274. The van der Waals surface area contributed by atoms with Crippen LogP contribution < -0.4 is 5.32 Å². The molecule has 102 valence electrons. The molecule has 3 aromatic rings. The van der Waals surface area contributed by atoms with Crippen molar-refractivity contribution < 1.29 is 4.79 Å². The molecule has 0 bridgehead atoms. The van der Waals surface area contributed by atoms with Crippen LogP contribution in [0.5, 0.6) is 0 Å². The Kier molecular flexibility index (Phi) is 2.74. The number of H-pyrrole nitrogens is 1. The highest BCUT2D eigenvalue weighted by Crippen LogP contribution is 2.14. The minimum Gasteiger partial charge on any atom is -0.305 e. The van der Waals surface area contributed by atoms with Crippen molar-refractivity contribution in [3.05, 3.63) is 41.0 Å². The van der Waals surface area contributed by atoms with E-state index in [0.717, 1.165) is 17.1 Å². The van der Waals surface area contributed by atoms with Crippen molar-refractivity contribution in [2.45, 2.75) is 20.8 Å². The Labute approximate surface area is 115 Å². The Balaban J connectivity index is 1.99. The maximum atomic E-state index is 12.3. The summed E-state index contributed by atoms with van der Waals surface area (Å²) in [6, 6.07) is 3.67. The van der Waals surface area contributed by atoms with E-state index in [1.54, 1.807) is 10.6 Å². The number of nitrogens with one attached hydrogen (secondary N) is 2. The lowest BCUT2D eigenvalue weighted by atomic mass is 10.3. The molecule has 0 radical (unpaired) electrons. The summed E-state index contributed by atoms with van der Waals surface area (Å²) in [7, 11) is 0. The second kappa shape index (κ2) is 4.44. The summed E-state index contributed by atoms with van der Waals surface area (Å²) in [6.07, 6.45) is 1.52. The third-order valence-corrected chi connectivity index (χ3v) is 2.97. The quantitative estimate of drug-likeness (QED) is 0.740. The summed E-state index contributed by atoms with van der Waals surface area (Å²) >= 11 is 0. The first-order valence-electron chi connectivity index (χ1n) is 6.20. The van der Waals surface area contributed by atoms with Gasteiger partial charge in [-0.15, -0.1) is 0 Å². The van der Waals surface area contributed by atoms with Crippen LogP contribution in [0.2, 0.25) is 0 Å². The molecule has 0 saturated heterocycles. The molecule has 0 aromatic carbocycles. The van der Waals surface area contributed by atoms with Crippen LogP contribution in [0.1, 0.15) is 27.4 Å². The lowest BCUT2D eigenvalue weighted by Crippen LogP contribution is -2.12. The fourth-order valence-electron chi connectivity index (χ4n) is 2.10. The molecule has 20 heavy (non-hydrogen) atoms. The number of aromatic amines is 1. The fraction of sp³-hybridized carbons (Fsp3) is 0.231. The predicted octanol–water partition coefficient (Wildman–Crippen LogP) is 1.63. The Morgan fingerprint density at radius 1 is 1.30 bits per heavy atom. The molecule has 7 nitrogen and oxygen atoms in total. The van der Waals surface area contributed by atoms with Gasteiger partial charge in [0, 0.05) is 23.1 Å². The van der Waals surface area contributed by atoms with Gasteiger partial charge in [0.2, 0.25) is 0 Å². The van der Waals surface area contributed by atoms with E-state index in [0.29, 0.717) is 17.0 Å². The van der Waals surface area contributed by atoms with Gasteiger partial charge in [0.1, 0.15) is 5.56 Å². The second-order valence-electron chi connectivity index (χ2n) is 4.72. The summed E-state index contributed by atoms with van der Waals surface area (Å²) in [6.45, 7) is 5.68. The van der Waals surface area contributed by atoms with Crippen molar-refractivity contribution in [2.75, 3.05) is 5.32 Å². The van der Waals surface area contributed by atoms with Crippen LogP contribution in [-0.2, 0) is 0 Å². The monoisotopic (exact) mass is 270 g/mol. The summed E-state index contributed by atoms with van der Waals surface area (Å²) < 4.78 is 1.65. The Bertz CT molecular complexity index is 800. The molecule has 0 atom stereocenters. The van der Waals surface area contributed by atoms with E-state index in [1.807, 2.05) is 26.8 Å². The molecule has 3 rings (SSSR count). The average Bonchev–Trinajstić information content (AvgIpc) is 2.95. The van der Waals surface area contributed by atoms with Crippen LogP contribution in [0.15, 0.2) is 18.3 Å². The summed E-state index contributed by atoms with van der Waals surface area (Å²) in [5.41, 5.74) is 3.64. The first kappa shape index (κ1) is 12.3. The molecule has 0 aliphatic carbocycles. The van der Waals surface area contributed by atoms with E-state index in [2.05, 4.69) is 25.6 Å². The van der Waals surface area contributed by atoms with Gasteiger partial charge < -0.3 is 5.32 Å². The highest BCUT2D eigenvalue weighted by Gasteiger charge is 2.16. The maximum absolute atomic E-state index is 12.3. The number of hydrogen-bond donors (Lipinski definition) is 2. The Morgan fingerprint density at radius 2 is 2.10 bits per heavy atom. The summed E-state index contributed by atoms with van der Waals surface area (Å²) in [4.78, 5) is 16.6. The Morgan fingerprint density at radius 3 is 2.80 bits per heavy atom. The molecular formula is C13H14N6O. The highest BCUT2D eigenvalue weighted by molar-refractivity contribution is 6.07. The summed E-state index contributed by atoms with van der Waals surface area (Å²) in [5.74, 6) is 0.209. The average molecular weight is 270 g/mol. The standard InChI is InChI=1S/C13H14N6O/c1-7-4-9(3)19-12(15-7)10(6-14-19)13(20)16-11-5-8(2)17-18-11/h4-6H,1-3H3,(H2,16,17,18,20). The van der Waals surface area contributed by atoms with Crippen molar-refractivity contribution in [3.63, 3.8) is 0 Å². The topological polar surface area (TPSA) is 88.0 Å². The van der Waals surface area contributed by atoms with Crippen molar-refractivity contribution in [1.29, 1.82) is 0 Å². The van der Waals surface area contributed by atoms with Crippen LogP contribution in [0, 0.1) is 20.8 Å². The van der Waals surface area contributed by atoms with Gasteiger partial charge in [-0.1, -0.05) is 0 Å². The van der Waals surface area contributed by atoms with E-state index in [4.69, 9.17) is 0 Å². The number of anilines is 1. The summed E-state index contributed by atoms with van der Waals surface area (Å²) in [5, 5.41) is 13.7. The number of aromatic nitrogens is 5. The molecule has 0 spiro atoms. The number of fused-ring (bicyclic) bond motifs is 1. The van der Waals surface area contributed by atoms with E-state index < -0.39 is 0 Å². The minimum absolute atomic E-state index is 0.274. The van der Waals surface area contributed by atoms with E-state index >= 15 is 0 Å². The SMILES string of the molecule is Cc1cc(C)n2ncc(C(=O)Nc3cc(C)[nH]n3)c2n1. The molecule has 0 aliphatic heterocycles. The van der Waals surface area contributed by atoms with Crippen LogP contribution in [-0.4, -0.2) is 30.7 Å². The third-order valence-electron chi connectivity index (χ3n) is 2.97. The van der Waals surface area contributed by atoms with Gasteiger partial charge in [0.15, 0.2) is 11.5 Å². The predicted molar refractivity (Wildman–Crippen MR) is 73.7 cm³/mol. The number of nitrogens with zero attached hydrogens (tertiary/aromatic N) is 4. The maximum Gasteiger partial charge on any atom is 0.262 e. The number of amides is 1. The third kappa shape index (κ3) is 2.03. The van der Waals surface area contributed by atoms with E-state index in [-0.39, 0.29) is 5.91 Å². The van der Waals surface area contributed by atoms with E-state index in [1.165, 1.54) is 6.20 Å². The molecule has 1 amide bonds. The molecule has 0 unspecified atom stereocenters. The molecule has 0 saturated carbocycles. The lowest BCUT2D eigenvalue weighted by molar-refractivity contribution is 0.102. The zero-order valence-electron chi connectivity index (χ0n) is 11.4. The van der Waals surface area contributed by atoms with Gasteiger partial charge in [0.25, 0.3) is 5.91 Å². The number of rotatable bonds is 2. The van der Waals surface area contributed by atoms with E-state index in [9.17, 15) is 4.79 Å². The molecule has 7 heteroatoms. The van der Waals surface area contributed by atoms with Gasteiger partial charge in [-0.25, -0.2) is 9.50 Å². The fourth-order valence-corrected chi connectivity index (χ4v) is 2.10. The van der Waals surface area contributed by atoms with Crippen LogP contribution in [0.25, 0.3) is 5.65 Å². The van der Waals surface area contributed by atoms with Crippen LogP contribution in [0.4, 0.5) is 5.82 Å². The van der Waals surface area contributed by atoms with Gasteiger partial charge in [-0.2, -0.15) is 10.2 Å². The zero-order valence-corrected chi connectivity index (χ0v) is 11.4. The molecular weight excluding hydrogens is 256 g/mol. The van der Waals surface area contributed by atoms with Crippen molar-refractivity contribution >= 4 is 17.4 Å². The van der Waals surface area contributed by atoms with Crippen molar-refractivity contribution in [2.24, 2.45) is 0 Å². The number of hydrogen-bond acceptors (Lipinski definition) is 4. The van der Waals surface area contributed by atoms with Crippen LogP contribution in [0.3, 0.4) is 0 Å². The molecule has 3 heterocycles. The number of carbonyl (C=O) groups is 1. The van der Waals surface area contributed by atoms with Gasteiger partial charge in [-0.3, -0.25) is 9.89 Å². The molecule has 3 aromatic heterocycles. The van der Waals surface area contributed by atoms with Gasteiger partial charge >= 0.3 is 0 Å². The Hall–Kier alpha value is -2.70. The number of aryl methyl sites for hydroxylation is 3. The van der Waals surface area contributed by atoms with Crippen molar-refractivity contribution in [3.8, 4) is 0 Å². The van der Waals surface area contributed by atoms with Gasteiger partial charge in [-0.05, 0) is 26.8 Å². The zero-order chi connectivity index (χ0) is 14.3.